The zero-order valence-electron chi connectivity index (χ0n) is 12.9. The van der Waals surface area contributed by atoms with E-state index in [4.69, 9.17) is 10.8 Å². The highest BCUT2D eigenvalue weighted by Crippen LogP contribution is 2.30. The standard InChI is InChI=1S/C12H14N4O8S2/c13-7(11(17)18)4-25-26-5-9(12(19)20)14-8-2-1-6(15(21)22)3-10(8)16(23)24/h1-3,7,9,14H,4-5,13H2,(H,17,18)(H,19,20)/t7-,9-/m0/s1. The first kappa shape index (κ1) is 21.5. The van der Waals surface area contributed by atoms with Gasteiger partial charge in [0, 0.05) is 17.6 Å². The fraction of sp³-hybridized carbons (Fsp3) is 0.333. The molecule has 1 rings (SSSR count). The molecular weight excluding hydrogens is 392 g/mol. The molecule has 0 unspecified atom stereocenters. The summed E-state index contributed by atoms with van der Waals surface area (Å²) in [6, 6.07) is 0.467. The van der Waals surface area contributed by atoms with Gasteiger partial charge in [-0.2, -0.15) is 0 Å². The van der Waals surface area contributed by atoms with Crippen molar-refractivity contribution in [2.75, 3.05) is 16.8 Å². The van der Waals surface area contributed by atoms with E-state index in [1.165, 1.54) is 0 Å². The fourth-order valence-electron chi connectivity index (χ4n) is 1.58. The Kier molecular flexibility index (Phi) is 8.08. The Morgan fingerprint density at radius 1 is 1.12 bits per heavy atom. The van der Waals surface area contributed by atoms with Crippen LogP contribution in [-0.4, -0.2) is 55.6 Å². The van der Waals surface area contributed by atoms with Gasteiger partial charge in [-0.25, -0.2) is 4.79 Å². The second kappa shape index (κ2) is 9.79. The van der Waals surface area contributed by atoms with E-state index in [0.717, 1.165) is 39.8 Å². The number of nitrogens with two attached hydrogens (primary N) is 1. The van der Waals surface area contributed by atoms with E-state index in [1.807, 2.05) is 0 Å². The first-order valence-electron chi connectivity index (χ1n) is 6.78. The summed E-state index contributed by atoms with van der Waals surface area (Å²) in [5.74, 6) is -2.49. The number of nitro benzene ring substituents is 2. The second-order valence-corrected chi connectivity index (χ2v) is 7.32. The number of rotatable bonds is 11. The molecule has 26 heavy (non-hydrogen) atoms. The minimum Gasteiger partial charge on any atom is -0.480 e. The number of nitrogens with zero attached hydrogens (tertiary/aromatic N) is 2. The lowest BCUT2D eigenvalue weighted by Crippen LogP contribution is -2.33. The Hall–Kier alpha value is -2.58. The smallest absolute Gasteiger partial charge is 0.327 e. The third kappa shape index (κ3) is 6.38. The van der Waals surface area contributed by atoms with Crippen molar-refractivity contribution < 1.29 is 29.6 Å². The number of carboxylic acid groups (broad SMARTS) is 2. The first-order chi connectivity index (χ1) is 12.1. The molecule has 14 heteroatoms. The van der Waals surface area contributed by atoms with Gasteiger partial charge in [0.15, 0.2) is 0 Å². The van der Waals surface area contributed by atoms with Crippen LogP contribution in [0, 0.1) is 20.2 Å². The van der Waals surface area contributed by atoms with Gasteiger partial charge in [0.25, 0.3) is 11.4 Å². The number of hydrogen-bond acceptors (Lipinski definition) is 10. The van der Waals surface area contributed by atoms with Gasteiger partial charge in [0.1, 0.15) is 17.8 Å². The number of nitrogens with one attached hydrogen (secondary N) is 1. The molecule has 0 radical (unpaired) electrons. The molecular formula is C12H14N4O8S2. The zero-order chi connectivity index (χ0) is 19.9. The number of hydrogen-bond donors (Lipinski definition) is 4. The number of aliphatic carboxylic acids is 2. The van der Waals surface area contributed by atoms with Gasteiger partial charge in [0.05, 0.1) is 15.9 Å². The molecule has 0 heterocycles. The number of nitro groups is 2. The Balaban J connectivity index is 2.81. The van der Waals surface area contributed by atoms with Crippen LogP contribution in [0.15, 0.2) is 18.2 Å². The molecule has 0 bridgehead atoms. The van der Waals surface area contributed by atoms with Gasteiger partial charge in [-0.05, 0) is 6.07 Å². The maximum absolute atomic E-state index is 11.3. The molecule has 0 aromatic heterocycles. The SMILES string of the molecule is N[C@@H](CSSC[C@H](Nc1ccc([N+](=O)[O-])cc1[N+](=O)[O-])C(=O)O)C(=O)O. The van der Waals surface area contributed by atoms with Gasteiger partial charge in [-0.1, -0.05) is 21.6 Å². The molecule has 1 aromatic rings. The molecule has 0 aliphatic heterocycles. The van der Waals surface area contributed by atoms with Gasteiger partial charge in [-0.3, -0.25) is 25.0 Å². The average Bonchev–Trinajstić information content (AvgIpc) is 2.56. The van der Waals surface area contributed by atoms with Gasteiger partial charge < -0.3 is 21.3 Å². The quantitative estimate of drug-likeness (QED) is 0.177. The lowest BCUT2D eigenvalue weighted by atomic mass is 10.2. The summed E-state index contributed by atoms with van der Waals surface area (Å²) in [4.78, 5) is 42.0. The number of benzene rings is 1. The van der Waals surface area contributed by atoms with Gasteiger partial charge in [-0.15, -0.1) is 0 Å². The van der Waals surface area contributed by atoms with E-state index in [9.17, 15) is 34.9 Å². The van der Waals surface area contributed by atoms with E-state index >= 15 is 0 Å². The summed E-state index contributed by atoms with van der Waals surface area (Å²) in [6.45, 7) is 0. The molecule has 142 valence electrons. The van der Waals surface area contributed by atoms with Crippen molar-refractivity contribution in [2.45, 2.75) is 12.1 Å². The maximum Gasteiger partial charge on any atom is 0.327 e. The summed E-state index contributed by atoms with van der Waals surface area (Å²) in [5, 5.41) is 42.1. The van der Waals surface area contributed by atoms with Crippen molar-refractivity contribution in [3.8, 4) is 0 Å². The highest BCUT2D eigenvalue weighted by molar-refractivity contribution is 8.76. The van der Waals surface area contributed by atoms with Crippen LogP contribution in [-0.2, 0) is 9.59 Å². The van der Waals surface area contributed by atoms with Gasteiger partial charge >= 0.3 is 11.9 Å². The monoisotopic (exact) mass is 406 g/mol. The Morgan fingerprint density at radius 2 is 1.73 bits per heavy atom. The molecule has 2 atom stereocenters. The molecule has 0 saturated heterocycles. The number of non-ortho nitro benzene ring substituents is 1. The van der Waals surface area contributed by atoms with Crippen molar-refractivity contribution in [1.82, 2.24) is 0 Å². The minimum absolute atomic E-state index is 0.0457. The van der Waals surface area contributed by atoms with Crippen molar-refractivity contribution in [3.05, 3.63) is 38.4 Å². The highest BCUT2D eigenvalue weighted by Gasteiger charge is 2.25. The Bertz CT molecular complexity index is 716. The van der Waals surface area contributed by atoms with E-state index in [1.54, 1.807) is 0 Å². The molecule has 0 amide bonds. The van der Waals surface area contributed by atoms with E-state index < -0.39 is 45.2 Å². The largest absolute Gasteiger partial charge is 0.480 e. The number of anilines is 1. The molecule has 0 saturated carbocycles. The Labute approximate surface area is 153 Å². The van der Waals surface area contributed by atoms with Crippen LogP contribution in [0.3, 0.4) is 0 Å². The normalized spacial score (nSPS) is 12.8. The highest BCUT2D eigenvalue weighted by atomic mass is 33.1. The first-order valence-corrected chi connectivity index (χ1v) is 9.27. The maximum atomic E-state index is 11.3. The lowest BCUT2D eigenvalue weighted by Gasteiger charge is -2.15. The van der Waals surface area contributed by atoms with E-state index in [-0.39, 0.29) is 17.2 Å². The summed E-state index contributed by atoms with van der Waals surface area (Å²) in [6.07, 6.45) is 0. The molecule has 0 fully saturated rings. The third-order valence-corrected chi connectivity index (χ3v) is 5.35. The van der Waals surface area contributed by atoms with Crippen molar-refractivity contribution in [3.63, 3.8) is 0 Å². The lowest BCUT2D eigenvalue weighted by molar-refractivity contribution is -0.393. The molecule has 5 N–H and O–H groups in total. The molecule has 0 aliphatic carbocycles. The summed E-state index contributed by atoms with van der Waals surface area (Å²) in [5.41, 5.74) is 4.01. The van der Waals surface area contributed by atoms with E-state index in [0.29, 0.717) is 0 Å². The zero-order valence-corrected chi connectivity index (χ0v) is 14.6. The molecule has 0 spiro atoms. The van der Waals surface area contributed by atoms with Crippen molar-refractivity contribution >= 4 is 50.6 Å². The third-order valence-electron chi connectivity index (χ3n) is 2.90. The van der Waals surface area contributed by atoms with Crippen LogP contribution >= 0.6 is 21.6 Å². The van der Waals surface area contributed by atoms with Gasteiger partial charge in [0.2, 0.25) is 0 Å². The minimum atomic E-state index is -1.30. The molecule has 12 nitrogen and oxygen atoms in total. The number of carbonyl (C=O) groups is 2. The summed E-state index contributed by atoms with van der Waals surface area (Å²) >= 11 is 0. The predicted octanol–water partition coefficient (Wildman–Crippen LogP) is 1.16. The number of carboxylic acids is 2. The molecule has 1 aromatic carbocycles. The summed E-state index contributed by atoms with van der Waals surface area (Å²) in [7, 11) is 2.08. The molecule has 0 aliphatic rings. The average molecular weight is 406 g/mol. The predicted molar refractivity (Wildman–Crippen MR) is 95.3 cm³/mol. The second-order valence-electron chi connectivity index (χ2n) is 4.76. The Morgan fingerprint density at radius 3 is 2.23 bits per heavy atom. The van der Waals surface area contributed by atoms with Crippen LogP contribution < -0.4 is 11.1 Å². The summed E-state index contributed by atoms with van der Waals surface area (Å²) < 4.78 is 0. The van der Waals surface area contributed by atoms with Crippen molar-refractivity contribution in [1.29, 1.82) is 0 Å². The van der Waals surface area contributed by atoms with Crippen LogP contribution in [0.1, 0.15) is 0 Å². The van der Waals surface area contributed by atoms with Crippen molar-refractivity contribution in [2.24, 2.45) is 5.73 Å². The van der Waals surface area contributed by atoms with Crippen LogP contribution in [0.25, 0.3) is 0 Å². The topological polar surface area (TPSA) is 199 Å². The van der Waals surface area contributed by atoms with Crippen LogP contribution in [0.4, 0.5) is 17.1 Å². The van der Waals surface area contributed by atoms with E-state index in [2.05, 4.69) is 5.32 Å². The van der Waals surface area contributed by atoms with Crippen LogP contribution in [0.2, 0.25) is 0 Å². The fourth-order valence-corrected chi connectivity index (χ4v) is 3.85. The van der Waals surface area contributed by atoms with Crippen LogP contribution in [0.5, 0.6) is 0 Å².